The first kappa shape index (κ1) is 14.9. The molecule has 0 unspecified atom stereocenters. The minimum absolute atomic E-state index is 0.217. The van der Waals surface area contributed by atoms with Gasteiger partial charge in [0.1, 0.15) is 11.3 Å². The van der Waals surface area contributed by atoms with Gasteiger partial charge < -0.3 is 5.11 Å². The maximum atomic E-state index is 10.0. The summed E-state index contributed by atoms with van der Waals surface area (Å²) in [6, 6.07) is 26.6. The number of nitrogens with zero attached hydrogens (tertiary/aromatic N) is 1. The number of phenolic OH excluding ortho intramolecular Hbond substituents is 1. The third kappa shape index (κ3) is 2.31. The van der Waals surface area contributed by atoms with E-state index >= 15 is 0 Å². The van der Waals surface area contributed by atoms with Gasteiger partial charge in [-0.3, -0.25) is 0 Å². The zero-order valence-corrected chi connectivity index (χ0v) is 14.1. The lowest BCUT2D eigenvalue weighted by molar-refractivity contribution is 0.480. The Morgan fingerprint density at radius 3 is 2.15 bits per heavy atom. The van der Waals surface area contributed by atoms with Crippen molar-refractivity contribution < 1.29 is 5.11 Å². The Labute approximate surface area is 152 Å². The van der Waals surface area contributed by atoms with Gasteiger partial charge in [-0.2, -0.15) is 0 Å². The van der Waals surface area contributed by atoms with Crippen LogP contribution in [0, 0.1) is 0 Å². The Kier molecular flexibility index (Phi) is 3.36. The summed E-state index contributed by atoms with van der Waals surface area (Å²) in [6.45, 7) is 0. The zero-order chi connectivity index (χ0) is 17.5. The Morgan fingerprint density at radius 2 is 1.42 bits per heavy atom. The van der Waals surface area contributed by atoms with E-state index in [1.165, 1.54) is 22.3 Å². The highest BCUT2D eigenvalue weighted by molar-refractivity contribution is 5.85. The van der Waals surface area contributed by atoms with Crippen LogP contribution in [-0.4, -0.2) is 10.1 Å². The lowest BCUT2D eigenvalue weighted by Crippen LogP contribution is -1.92. The highest BCUT2D eigenvalue weighted by atomic mass is 16.3. The van der Waals surface area contributed by atoms with Crippen molar-refractivity contribution in [2.24, 2.45) is 0 Å². The second kappa shape index (κ2) is 5.85. The summed E-state index contributed by atoms with van der Waals surface area (Å²) in [4.78, 5) is 4.61. The summed E-state index contributed by atoms with van der Waals surface area (Å²) in [5.41, 5.74) is 6.76. The number of hydrogen-bond donors (Lipinski definition) is 1. The number of aromatic hydroxyl groups is 1. The predicted molar refractivity (Wildman–Crippen MR) is 106 cm³/mol. The van der Waals surface area contributed by atoms with Crippen LogP contribution >= 0.6 is 0 Å². The van der Waals surface area contributed by atoms with E-state index in [1.54, 1.807) is 6.07 Å². The van der Waals surface area contributed by atoms with Crippen molar-refractivity contribution >= 4 is 17.0 Å². The third-order valence-corrected chi connectivity index (χ3v) is 5.06. The van der Waals surface area contributed by atoms with Gasteiger partial charge in [0.2, 0.25) is 0 Å². The molecule has 26 heavy (non-hydrogen) atoms. The number of hydrogen-bond acceptors (Lipinski definition) is 2. The average molecular weight is 335 g/mol. The minimum atomic E-state index is 0.217. The van der Waals surface area contributed by atoms with Crippen molar-refractivity contribution in [2.45, 2.75) is 5.92 Å². The van der Waals surface area contributed by atoms with E-state index in [-0.39, 0.29) is 11.7 Å². The molecule has 1 aliphatic rings. The van der Waals surface area contributed by atoms with E-state index in [4.69, 9.17) is 0 Å². The normalized spacial score (nSPS) is 13.2. The largest absolute Gasteiger partial charge is 0.506 e. The molecule has 0 fully saturated rings. The monoisotopic (exact) mass is 335 g/mol. The van der Waals surface area contributed by atoms with Crippen molar-refractivity contribution in [1.82, 2.24) is 4.98 Å². The van der Waals surface area contributed by atoms with Crippen molar-refractivity contribution in [3.05, 3.63) is 102 Å². The van der Waals surface area contributed by atoms with Gasteiger partial charge in [-0.25, -0.2) is 4.98 Å². The molecular weight excluding hydrogens is 318 g/mol. The molecule has 0 amide bonds. The summed E-state index contributed by atoms with van der Waals surface area (Å²) < 4.78 is 0. The number of fused-ring (bicyclic) bond motifs is 4. The average Bonchev–Trinajstić information content (AvgIpc) is 3.01. The second-order valence-corrected chi connectivity index (χ2v) is 6.60. The first-order valence-electron chi connectivity index (χ1n) is 8.76. The number of allylic oxidation sites excluding steroid dienone is 1. The molecule has 0 radical (unpaired) electrons. The summed E-state index contributed by atoms with van der Waals surface area (Å²) in [7, 11) is 0. The van der Waals surface area contributed by atoms with Gasteiger partial charge in [0.25, 0.3) is 0 Å². The Balaban J connectivity index is 1.58. The Morgan fingerprint density at radius 1 is 0.731 bits per heavy atom. The summed E-state index contributed by atoms with van der Waals surface area (Å²) in [6.07, 6.45) is 4.26. The van der Waals surface area contributed by atoms with Gasteiger partial charge in [-0.05, 0) is 40.5 Å². The number of para-hydroxylation sites is 1. The molecule has 1 aliphatic carbocycles. The van der Waals surface area contributed by atoms with Gasteiger partial charge in [0, 0.05) is 11.3 Å². The second-order valence-electron chi connectivity index (χ2n) is 6.60. The first-order valence-corrected chi connectivity index (χ1v) is 8.76. The SMILES string of the molecule is Oc1cccc2ccc(/C=C/C3c4ccccc4-c4ccccc43)nc12. The van der Waals surface area contributed by atoms with Crippen LogP contribution in [0.2, 0.25) is 0 Å². The molecule has 2 nitrogen and oxygen atoms in total. The molecule has 124 valence electrons. The first-order chi connectivity index (χ1) is 12.8. The van der Waals surface area contributed by atoms with E-state index in [2.05, 4.69) is 65.7 Å². The van der Waals surface area contributed by atoms with Crippen LogP contribution in [0.1, 0.15) is 22.7 Å². The van der Waals surface area contributed by atoms with Crippen LogP contribution in [-0.2, 0) is 0 Å². The fraction of sp³-hybridized carbons (Fsp3) is 0.0417. The lowest BCUT2D eigenvalue weighted by atomic mass is 9.96. The molecule has 4 aromatic rings. The molecule has 0 saturated carbocycles. The molecule has 5 rings (SSSR count). The smallest absolute Gasteiger partial charge is 0.141 e. The molecule has 2 heteroatoms. The van der Waals surface area contributed by atoms with E-state index in [9.17, 15) is 5.11 Å². The highest BCUT2D eigenvalue weighted by Crippen LogP contribution is 2.45. The summed E-state index contributed by atoms with van der Waals surface area (Å²) >= 11 is 0. The number of benzene rings is 3. The minimum Gasteiger partial charge on any atom is -0.506 e. The van der Waals surface area contributed by atoms with Crippen LogP contribution in [0.5, 0.6) is 5.75 Å². The molecule has 1 aromatic heterocycles. The zero-order valence-electron chi connectivity index (χ0n) is 14.1. The maximum Gasteiger partial charge on any atom is 0.141 e. The van der Waals surface area contributed by atoms with E-state index in [0.29, 0.717) is 5.52 Å². The van der Waals surface area contributed by atoms with Gasteiger partial charge in [0.15, 0.2) is 0 Å². The van der Waals surface area contributed by atoms with E-state index in [0.717, 1.165) is 11.1 Å². The van der Waals surface area contributed by atoms with Crippen molar-refractivity contribution in [3.63, 3.8) is 0 Å². The topological polar surface area (TPSA) is 33.1 Å². The van der Waals surface area contributed by atoms with Crippen LogP contribution in [0.25, 0.3) is 28.1 Å². The molecule has 1 heterocycles. The standard InChI is InChI=1S/C24H17NO/c26-23-11-5-6-16-12-13-17(25-24(16)23)14-15-22-20-9-3-1-7-18(20)19-8-2-4-10-21(19)22/h1-15,22,26H/b15-14+. The van der Waals surface area contributed by atoms with Gasteiger partial charge >= 0.3 is 0 Å². The Hall–Kier alpha value is -3.39. The van der Waals surface area contributed by atoms with Crippen molar-refractivity contribution in [1.29, 1.82) is 0 Å². The van der Waals surface area contributed by atoms with Crippen LogP contribution in [0.3, 0.4) is 0 Å². The Bertz CT molecular complexity index is 1110. The fourth-order valence-corrected chi connectivity index (χ4v) is 3.84. The van der Waals surface area contributed by atoms with Gasteiger partial charge in [-0.15, -0.1) is 0 Å². The van der Waals surface area contributed by atoms with Crippen LogP contribution < -0.4 is 0 Å². The molecular formula is C24H17NO. The van der Waals surface area contributed by atoms with Gasteiger partial charge in [0.05, 0.1) is 5.69 Å². The maximum absolute atomic E-state index is 10.0. The predicted octanol–water partition coefficient (Wildman–Crippen LogP) is 5.77. The number of rotatable bonds is 2. The van der Waals surface area contributed by atoms with E-state index in [1.807, 2.05) is 24.3 Å². The third-order valence-electron chi connectivity index (χ3n) is 5.06. The number of phenols is 1. The van der Waals surface area contributed by atoms with Crippen LogP contribution in [0.4, 0.5) is 0 Å². The van der Waals surface area contributed by atoms with Crippen LogP contribution in [0.15, 0.2) is 84.9 Å². The molecule has 0 spiro atoms. The number of aromatic nitrogens is 1. The highest BCUT2D eigenvalue weighted by Gasteiger charge is 2.25. The van der Waals surface area contributed by atoms with Crippen molar-refractivity contribution in [3.8, 4) is 16.9 Å². The number of pyridine rings is 1. The summed E-state index contributed by atoms with van der Waals surface area (Å²) in [5.74, 6) is 0.443. The molecule has 0 atom stereocenters. The molecule has 0 aliphatic heterocycles. The van der Waals surface area contributed by atoms with Crippen molar-refractivity contribution in [2.75, 3.05) is 0 Å². The molecule has 0 bridgehead atoms. The quantitative estimate of drug-likeness (QED) is 0.505. The fourth-order valence-electron chi connectivity index (χ4n) is 3.84. The van der Waals surface area contributed by atoms with Gasteiger partial charge in [-0.1, -0.05) is 72.8 Å². The van der Waals surface area contributed by atoms with E-state index < -0.39 is 0 Å². The summed E-state index contributed by atoms with van der Waals surface area (Å²) in [5, 5.41) is 11.0. The lowest BCUT2D eigenvalue weighted by Gasteiger charge is -2.08. The molecule has 3 aromatic carbocycles. The molecule has 1 N–H and O–H groups in total. The molecule has 0 saturated heterocycles.